The van der Waals surface area contributed by atoms with Gasteiger partial charge in [-0.15, -0.1) is 0 Å². The van der Waals surface area contributed by atoms with Crippen molar-refractivity contribution < 1.29 is 4.39 Å². The molecule has 0 aromatic carbocycles. The zero-order valence-electron chi connectivity index (χ0n) is 7.74. The van der Waals surface area contributed by atoms with Gasteiger partial charge in [0.05, 0.1) is 6.20 Å². The van der Waals surface area contributed by atoms with E-state index in [-0.39, 0.29) is 0 Å². The molecule has 2 aromatic rings. The minimum atomic E-state index is -0.435. The van der Waals surface area contributed by atoms with E-state index in [4.69, 9.17) is 0 Å². The highest BCUT2D eigenvalue weighted by atomic mass is 19.1. The Morgan fingerprint density at radius 2 is 2.15 bits per heavy atom. The van der Waals surface area contributed by atoms with Gasteiger partial charge in [-0.3, -0.25) is 0 Å². The minimum Gasteiger partial charge on any atom is -0.232 e. The van der Waals surface area contributed by atoms with Crippen LogP contribution in [0.5, 0.6) is 0 Å². The van der Waals surface area contributed by atoms with Crippen molar-refractivity contribution in [1.82, 2.24) is 14.6 Å². The fraction of sp³-hybridized carbons (Fsp3) is 0.333. The van der Waals surface area contributed by atoms with Crippen LogP contribution >= 0.6 is 0 Å². The summed E-state index contributed by atoms with van der Waals surface area (Å²) in [6.45, 7) is 4.25. The second-order valence-electron chi connectivity index (χ2n) is 2.58. The van der Waals surface area contributed by atoms with Gasteiger partial charge in [0.25, 0.3) is 0 Å². The Morgan fingerprint density at radius 3 is 2.77 bits per heavy atom. The summed E-state index contributed by atoms with van der Waals surface area (Å²) in [5.41, 5.74) is 0.528. The number of hydrogen-bond acceptors (Lipinski definition) is 2. The van der Waals surface area contributed by atoms with Gasteiger partial charge >= 0.3 is 0 Å². The van der Waals surface area contributed by atoms with Gasteiger partial charge in [-0.1, -0.05) is 20.3 Å². The van der Waals surface area contributed by atoms with Crippen molar-refractivity contribution in [3.8, 4) is 0 Å². The largest absolute Gasteiger partial charge is 0.234 e. The molecule has 0 spiro atoms. The second kappa shape index (κ2) is 4.54. The van der Waals surface area contributed by atoms with Gasteiger partial charge in [-0.25, -0.2) is 4.98 Å². The maximum atomic E-state index is 12.6. The molecule has 0 unspecified atom stereocenters. The Bertz CT molecular complexity index is 370. The van der Waals surface area contributed by atoms with Crippen LogP contribution < -0.4 is 0 Å². The predicted molar refractivity (Wildman–Crippen MR) is 48.9 cm³/mol. The zero-order chi connectivity index (χ0) is 9.68. The lowest BCUT2D eigenvalue weighted by Gasteiger charge is -1.87. The van der Waals surface area contributed by atoms with E-state index in [9.17, 15) is 4.39 Å². The maximum absolute atomic E-state index is 12.6. The lowest BCUT2D eigenvalue weighted by Crippen LogP contribution is -1.91. The van der Waals surface area contributed by atoms with Crippen molar-refractivity contribution in [3.63, 3.8) is 0 Å². The molecular weight excluding hydrogens is 169 g/mol. The fourth-order valence-electron chi connectivity index (χ4n) is 0.800. The zero-order valence-corrected chi connectivity index (χ0v) is 7.74. The van der Waals surface area contributed by atoms with E-state index in [2.05, 4.69) is 23.9 Å². The van der Waals surface area contributed by atoms with Crippen molar-refractivity contribution in [3.05, 3.63) is 30.5 Å². The first-order valence-corrected chi connectivity index (χ1v) is 4.23. The monoisotopic (exact) mass is 181 g/mol. The van der Waals surface area contributed by atoms with Crippen LogP contribution in [0.25, 0.3) is 5.65 Å². The van der Waals surface area contributed by atoms with Crippen molar-refractivity contribution in [2.24, 2.45) is 0 Å². The van der Waals surface area contributed by atoms with Gasteiger partial charge in [0.2, 0.25) is 5.95 Å². The van der Waals surface area contributed by atoms with Crippen molar-refractivity contribution in [2.45, 2.75) is 20.3 Å². The Hall–Kier alpha value is -1.45. The summed E-state index contributed by atoms with van der Waals surface area (Å²) >= 11 is 0. The minimum absolute atomic E-state index is 0.435. The normalized spacial score (nSPS) is 9.46. The molecule has 0 saturated heterocycles. The molecule has 0 fully saturated rings. The molecule has 0 saturated carbocycles. The van der Waals surface area contributed by atoms with Gasteiger partial charge in [0.15, 0.2) is 5.65 Å². The van der Waals surface area contributed by atoms with E-state index >= 15 is 0 Å². The second-order valence-corrected chi connectivity index (χ2v) is 2.58. The third kappa shape index (κ3) is 2.24. The molecule has 3 nitrogen and oxygen atoms in total. The SMILES string of the molecule is CCC.Fc1cnc2cccnn12. The standard InChI is InChI=1S/C6H4FN3.C3H8/c7-5-4-8-6-2-1-3-9-10(5)6;1-3-2/h1-4H;3H2,1-2H3. The predicted octanol–water partition coefficient (Wildman–Crippen LogP) is 2.28. The van der Waals surface area contributed by atoms with Crippen LogP contribution in [0.2, 0.25) is 0 Å². The van der Waals surface area contributed by atoms with Crippen molar-refractivity contribution in [2.75, 3.05) is 0 Å². The van der Waals surface area contributed by atoms with Gasteiger partial charge in [0.1, 0.15) is 0 Å². The van der Waals surface area contributed by atoms with E-state index < -0.39 is 5.95 Å². The van der Waals surface area contributed by atoms with Crippen LogP contribution in [0.15, 0.2) is 24.5 Å². The first-order valence-electron chi connectivity index (χ1n) is 4.23. The van der Waals surface area contributed by atoms with Crippen LogP contribution in [-0.2, 0) is 0 Å². The third-order valence-corrected chi connectivity index (χ3v) is 1.24. The Kier molecular flexibility index (Phi) is 3.37. The maximum Gasteiger partial charge on any atom is 0.234 e. The number of aromatic nitrogens is 3. The summed E-state index contributed by atoms with van der Waals surface area (Å²) in [4.78, 5) is 3.74. The Balaban J connectivity index is 0.000000251. The third-order valence-electron chi connectivity index (χ3n) is 1.24. The summed E-state index contributed by atoms with van der Waals surface area (Å²) in [5, 5.41) is 3.72. The quantitative estimate of drug-likeness (QED) is 0.624. The summed E-state index contributed by atoms with van der Waals surface area (Å²) in [7, 11) is 0. The molecule has 4 heteroatoms. The topological polar surface area (TPSA) is 30.2 Å². The fourth-order valence-corrected chi connectivity index (χ4v) is 0.800. The lowest BCUT2D eigenvalue weighted by atomic mass is 10.6. The Morgan fingerprint density at radius 1 is 1.46 bits per heavy atom. The van der Waals surface area contributed by atoms with Crippen LogP contribution in [0.3, 0.4) is 0 Å². The first kappa shape index (κ1) is 9.64. The molecule has 0 atom stereocenters. The van der Waals surface area contributed by atoms with E-state index in [1.807, 2.05) is 0 Å². The van der Waals surface area contributed by atoms with Crippen molar-refractivity contribution in [1.29, 1.82) is 0 Å². The number of hydrogen-bond donors (Lipinski definition) is 0. The van der Waals surface area contributed by atoms with Gasteiger partial charge in [-0.05, 0) is 12.1 Å². The van der Waals surface area contributed by atoms with E-state index in [1.165, 1.54) is 12.6 Å². The molecule has 0 aliphatic carbocycles. The number of imidazole rings is 1. The molecule has 2 rings (SSSR count). The number of halogens is 1. The highest BCUT2D eigenvalue weighted by molar-refractivity contribution is 5.34. The molecule has 0 N–H and O–H groups in total. The van der Waals surface area contributed by atoms with Crippen LogP contribution in [0, 0.1) is 5.95 Å². The average Bonchev–Trinajstić information content (AvgIpc) is 2.50. The molecule has 2 heterocycles. The molecule has 0 aliphatic heterocycles. The summed E-state index contributed by atoms with van der Waals surface area (Å²) < 4.78 is 13.7. The number of fused-ring (bicyclic) bond motifs is 1. The average molecular weight is 181 g/mol. The molecule has 0 amide bonds. The smallest absolute Gasteiger partial charge is 0.232 e. The van der Waals surface area contributed by atoms with E-state index in [0.29, 0.717) is 5.65 Å². The van der Waals surface area contributed by atoms with E-state index in [0.717, 1.165) is 10.7 Å². The lowest BCUT2D eigenvalue weighted by molar-refractivity contribution is 0.549. The van der Waals surface area contributed by atoms with Crippen LogP contribution in [0.4, 0.5) is 4.39 Å². The van der Waals surface area contributed by atoms with Crippen molar-refractivity contribution >= 4 is 5.65 Å². The summed E-state index contributed by atoms with van der Waals surface area (Å²) in [5.74, 6) is -0.435. The van der Waals surface area contributed by atoms with Gasteiger partial charge in [-0.2, -0.15) is 14.0 Å². The van der Waals surface area contributed by atoms with Gasteiger partial charge in [0, 0.05) is 6.20 Å². The number of rotatable bonds is 0. The number of nitrogens with zero attached hydrogens (tertiary/aromatic N) is 3. The molecule has 0 radical (unpaired) electrons. The first-order chi connectivity index (χ1) is 6.29. The van der Waals surface area contributed by atoms with Crippen LogP contribution in [-0.4, -0.2) is 14.6 Å². The van der Waals surface area contributed by atoms with Crippen LogP contribution in [0.1, 0.15) is 20.3 Å². The Labute approximate surface area is 76.2 Å². The molecule has 13 heavy (non-hydrogen) atoms. The summed E-state index contributed by atoms with van der Waals surface area (Å²) in [6.07, 6.45) is 3.90. The molecule has 2 aromatic heterocycles. The highest BCUT2D eigenvalue weighted by Gasteiger charge is 1.98. The molecular formula is C9H12FN3. The molecule has 70 valence electrons. The van der Waals surface area contributed by atoms with E-state index in [1.54, 1.807) is 12.1 Å². The molecule has 0 bridgehead atoms. The van der Waals surface area contributed by atoms with Gasteiger partial charge < -0.3 is 0 Å². The summed E-state index contributed by atoms with van der Waals surface area (Å²) in [6, 6.07) is 3.40. The molecule has 0 aliphatic rings. The highest BCUT2D eigenvalue weighted by Crippen LogP contribution is 1.99.